The Morgan fingerprint density at radius 2 is 1.97 bits per heavy atom. The van der Waals surface area contributed by atoms with Crippen molar-refractivity contribution in [2.24, 2.45) is 5.92 Å². The van der Waals surface area contributed by atoms with Gasteiger partial charge in [-0.05, 0) is 43.7 Å². The molecule has 1 aromatic carbocycles. The minimum atomic E-state index is -0.897. The smallest absolute Gasteiger partial charge is 0.258 e. The fraction of sp³-hybridized carbons (Fsp3) is 0.591. The number of rotatable bonds is 3. The van der Waals surface area contributed by atoms with Crippen molar-refractivity contribution in [2.45, 2.75) is 63.6 Å². The van der Waals surface area contributed by atoms with Crippen molar-refractivity contribution in [3.63, 3.8) is 0 Å². The molecule has 1 saturated heterocycles. The zero-order chi connectivity index (χ0) is 20.4. The van der Waals surface area contributed by atoms with Crippen LogP contribution in [0.4, 0.5) is 0 Å². The number of likely N-dealkylation sites (tertiary alicyclic amines) is 1. The number of fused-ring (bicyclic) bond motifs is 1. The summed E-state index contributed by atoms with van der Waals surface area (Å²) < 4.78 is 6.13. The molecule has 1 aliphatic carbocycles. The summed E-state index contributed by atoms with van der Waals surface area (Å²) in [5.74, 6) is 0.902. The van der Waals surface area contributed by atoms with Crippen LogP contribution in [0.5, 0.6) is 5.75 Å². The molecule has 0 aromatic heterocycles. The van der Waals surface area contributed by atoms with E-state index >= 15 is 0 Å². The second kappa shape index (κ2) is 8.05. The first kappa shape index (κ1) is 19.7. The monoisotopic (exact) mass is 399 g/mol. The van der Waals surface area contributed by atoms with Crippen LogP contribution in [-0.2, 0) is 9.59 Å². The Kier molecular flexibility index (Phi) is 5.48. The predicted octanol–water partition coefficient (Wildman–Crippen LogP) is 2.21. The Morgan fingerprint density at radius 1 is 1.21 bits per heavy atom. The summed E-state index contributed by atoms with van der Waals surface area (Å²) in [6, 6.07) is 7.34. The van der Waals surface area contributed by atoms with Crippen molar-refractivity contribution in [2.75, 3.05) is 13.1 Å². The van der Waals surface area contributed by atoms with Crippen LogP contribution in [0, 0.1) is 5.92 Å². The van der Waals surface area contributed by atoms with Crippen molar-refractivity contribution in [1.29, 1.82) is 0 Å². The minimum absolute atomic E-state index is 0.0610. The number of amides is 3. The standard InChI is InChI=1S/C22H29N3O4/c1-15-6-8-16(9-7-15)23-19(26)14-25-13-12-22(11-10-20(25)27)24-21(28)17-4-2-3-5-18(17)29-22/h2-5,15-16H,6-14H2,1H3,(H,23,26)(H,24,28). The molecule has 1 unspecified atom stereocenters. The molecule has 1 atom stereocenters. The van der Waals surface area contributed by atoms with Crippen molar-refractivity contribution >= 4 is 17.7 Å². The molecule has 1 aromatic rings. The average molecular weight is 399 g/mol. The highest BCUT2D eigenvalue weighted by Gasteiger charge is 2.42. The van der Waals surface area contributed by atoms with E-state index in [0.717, 1.165) is 31.6 Å². The van der Waals surface area contributed by atoms with E-state index in [1.165, 1.54) is 0 Å². The summed E-state index contributed by atoms with van der Waals surface area (Å²) in [6.45, 7) is 2.68. The van der Waals surface area contributed by atoms with Gasteiger partial charge in [-0.3, -0.25) is 14.4 Å². The first-order valence-electron chi connectivity index (χ1n) is 10.6. The van der Waals surface area contributed by atoms with Gasteiger partial charge in [0.15, 0.2) is 5.72 Å². The second-order valence-electron chi connectivity index (χ2n) is 8.64. The highest BCUT2D eigenvalue weighted by molar-refractivity contribution is 5.98. The maximum Gasteiger partial charge on any atom is 0.258 e. The molecular formula is C22H29N3O4. The van der Waals surface area contributed by atoms with E-state index in [9.17, 15) is 14.4 Å². The first-order chi connectivity index (χ1) is 13.9. The molecule has 0 bridgehead atoms. The number of hydrogen-bond acceptors (Lipinski definition) is 4. The molecule has 156 valence electrons. The molecule has 1 saturated carbocycles. The second-order valence-corrected chi connectivity index (χ2v) is 8.64. The minimum Gasteiger partial charge on any atom is -0.467 e. The maximum absolute atomic E-state index is 12.6. The molecule has 2 N–H and O–H groups in total. The molecule has 7 heteroatoms. The first-order valence-corrected chi connectivity index (χ1v) is 10.6. The molecule has 7 nitrogen and oxygen atoms in total. The summed E-state index contributed by atoms with van der Waals surface area (Å²) in [7, 11) is 0. The van der Waals surface area contributed by atoms with E-state index < -0.39 is 5.72 Å². The van der Waals surface area contributed by atoms with Crippen LogP contribution >= 0.6 is 0 Å². The molecule has 3 aliphatic rings. The van der Waals surface area contributed by atoms with Crippen LogP contribution in [0.15, 0.2) is 24.3 Å². The molecule has 3 amide bonds. The van der Waals surface area contributed by atoms with Gasteiger partial charge in [-0.25, -0.2) is 0 Å². The van der Waals surface area contributed by atoms with Gasteiger partial charge in [0.1, 0.15) is 5.75 Å². The van der Waals surface area contributed by atoms with Gasteiger partial charge in [0.2, 0.25) is 11.8 Å². The number of carbonyl (C=O) groups excluding carboxylic acids is 3. The lowest BCUT2D eigenvalue weighted by Gasteiger charge is -2.38. The van der Waals surface area contributed by atoms with E-state index in [1.54, 1.807) is 23.1 Å². The number of nitrogens with zero attached hydrogens (tertiary/aromatic N) is 1. The van der Waals surface area contributed by atoms with E-state index in [4.69, 9.17) is 4.74 Å². The molecular weight excluding hydrogens is 370 g/mol. The fourth-order valence-corrected chi connectivity index (χ4v) is 4.53. The summed E-state index contributed by atoms with van der Waals surface area (Å²) >= 11 is 0. The summed E-state index contributed by atoms with van der Waals surface area (Å²) in [4.78, 5) is 39.2. The third-order valence-corrected chi connectivity index (χ3v) is 6.37. The van der Waals surface area contributed by atoms with E-state index in [0.29, 0.717) is 30.7 Å². The van der Waals surface area contributed by atoms with E-state index in [1.807, 2.05) is 6.07 Å². The fourth-order valence-electron chi connectivity index (χ4n) is 4.53. The van der Waals surface area contributed by atoms with Crippen LogP contribution in [0.1, 0.15) is 62.2 Å². The van der Waals surface area contributed by atoms with Gasteiger partial charge in [0.05, 0.1) is 12.1 Å². The van der Waals surface area contributed by atoms with Gasteiger partial charge < -0.3 is 20.3 Å². The topological polar surface area (TPSA) is 87.7 Å². The maximum atomic E-state index is 12.6. The van der Waals surface area contributed by atoms with Gasteiger partial charge >= 0.3 is 0 Å². The highest BCUT2D eigenvalue weighted by Crippen LogP contribution is 2.33. The van der Waals surface area contributed by atoms with Crippen molar-refractivity contribution in [1.82, 2.24) is 15.5 Å². The van der Waals surface area contributed by atoms with Crippen LogP contribution in [-0.4, -0.2) is 47.5 Å². The van der Waals surface area contributed by atoms with E-state index in [2.05, 4.69) is 17.6 Å². The van der Waals surface area contributed by atoms with Gasteiger partial charge in [-0.15, -0.1) is 0 Å². The van der Waals surface area contributed by atoms with Crippen molar-refractivity contribution in [3.05, 3.63) is 29.8 Å². The quantitative estimate of drug-likeness (QED) is 0.816. The number of carbonyl (C=O) groups is 3. The lowest BCUT2D eigenvalue weighted by atomic mass is 9.87. The lowest BCUT2D eigenvalue weighted by molar-refractivity contribution is -0.135. The molecule has 2 heterocycles. The molecule has 2 fully saturated rings. The Labute approximate surface area is 171 Å². The van der Waals surface area contributed by atoms with Crippen LogP contribution in [0.3, 0.4) is 0 Å². The third kappa shape index (κ3) is 4.38. The van der Waals surface area contributed by atoms with Crippen LogP contribution in [0.25, 0.3) is 0 Å². The number of benzene rings is 1. The Balaban J connectivity index is 1.37. The Bertz CT molecular complexity index is 803. The molecule has 2 aliphatic heterocycles. The van der Waals surface area contributed by atoms with Crippen molar-refractivity contribution in [3.8, 4) is 5.75 Å². The summed E-state index contributed by atoms with van der Waals surface area (Å²) in [5.41, 5.74) is -0.391. The van der Waals surface area contributed by atoms with Gasteiger partial charge in [0.25, 0.3) is 5.91 Å². The van der Waals surface area contributed by atoms with Gasteiger partial charge in [0, 0.05) is 31.8 Å². The van der Waals surface area contributed by atoms with Crippen LogP contribution < -0.4 is 15.4 Å². The van der Waals surface area contributed by atoms with Crippen molar-refractivity contribution < 1.29 is 19.1 Å². The Morgan fingerprint density at radius 3 is 2.76 bits per heavy atom. The zero-order valence-electron chi connectivity index (χ0n) is 16.9. The number of para-hydroxylation sites is 1. The molecule has 29 heavy (non-hydrogen) atoms. The predicted molar refractivity (Wildman–Crippen MR) is 107 cm³/mol. The number of nitrogens with one attached hydrogen (secondary N) is 2. The largest absolute Gasteiger partial charge is 0.467 e. The van der Waals surface area contributed by atoms with E-state index in [-0.39, 0.29) is 36.7 Å². The van der Waals surface area contributed by atoms with Crippen LogP contribution in [0.2, 0.25) is 0 Å². The zero-order valence-corrected chi connectivity index (χ0v) is 16.9. The Hall–Kier alpha value is -2.57. The lowest BCUT2D eigenvalue weighted by Crippen LogP contribution is -2.56. The summed E-state index contributed by atoms with van der Waals surface area (Å²) in [6.07, 6.45) is 5.35. The number of ether oxygens (including phenoxy) is 1. The number of hydrogen-bond donors (Lipinski definition) is 2. The average Bonchev–Trinajstić information content (AvgIpc) is 2.84. The highest BCUT2D eigenvalue weighted by atomic mass is 16.5. The molecule has 4 rings (SSSR count). The van der Waals surface area contributed by atoms with Gasteiger partial charge in [-0.2, -0.15) is 0 Å². The molecule has 0 radical (unpaired) electrons. The summed E-state index contributed by atoms with van der Waals surface area (Å²) in [5, 5.41) is 6.04. The SMILES string of the molecule is CC1CCC(NC(=O)CN2CCC3(CCC2=O)NC(=O)c2ccccc2O3)CC1. The third-order valence-electron chi connectivity index (χ3n) is 6.37. The normalized spacial score (nSPS) is 29.5. The van der Waals surface area contributed by atoms with Gasteiger partial charge in [-0.1, -0.05) is 19.1 Å². The molecule has 1 spiro atoms.